The fourth-order valence-electron chi connectivity index (χ4n) is 3.59. The van der Waals surface area contributed by atoms with Crippen LogP contribution in [-0.2, 0) is 27.2 Å². The minimum Gasteiger partial charge on any atom is -0.497 e. The number of nitrogens with one attached hydrogen (secondary N) is 2. The zero-order valence-electron chi connectivity index (χ0n) is 19.0. The Morgan fingerprint density at radius 1 is 1.09 bits per heavy atom. The molecule has 1 aliphatic rings. The molecule has 0 spiro atoms. The van der Waals surface area contributed by atoms with E-state index in [0.717, 1.165) is 29.5 Å². The minimum atomic E-state index is -2.05. The molecule has 8 nitrogen and oxygen atoms in total. The summed E-state index contributed by atoms with van der Waals surface area (Å²) in [5.41, 5.74) is 2.80. The van der Waals surface area contributed by atoms with Crippen LogP contribution < -0.4 is 15.4 Å². The van der Waals surface area contributed by atoms with Crippen molar-refractivity contribution in [2.75, 3.05) is 7.11 Å². The fraction of sp³-hybridized carbons (Fsp3) is 0.417. The summed E-state index contributed by atoms with van der Waals surface area (Å²) in [6.07, 6.45) is 1.66. The molecule has 176 valence electrons. The van der Waals surface area contributed by atoms with Crippen LogP contribution in [0.4, 0.5) is 0 Å². The van der Waals surface area contributed by atoms with E-state index in [1.54, 1.807) is 7.11 Å². The highest BCUT2D eigenvalue weighted by Crippen LogP contribution is 2.35. The van der Waals surface area contributed by atoms with Crippen LogP contribution in [0.5, 0.6) is 5.75 Å². The summed E-state index contributed by atoms with van der Waals surface area (Å²) in [5, 5.41) is 24.1. The van der Waals surface area contributed by atoms with Crippen molar-refractivity contribution in [2.24, 2.45) is 11.8 Å². The Morgan fingerprint density at radius 3 is 2.45 bits per heavy atom. The van der Waals surface area contributed by atoms with Gasteiger partial charge in [0.15, 0.2) is 0 Å². The van der Waals surface area contributed by atoms with E-state index in [2.05, 4.69) is 10.6 Å². The summed E-state index contributed by atoms with van der Waals surface area (Å²) in [6.45, 7) is 2.23. The van der Waals surface area contributed by atoms with Gasteiger partial charge >= 0.3 is 7.32 Å². The van der Waals surface area contributed by atoms with Crippen molar-refractivity contribution in [2.45, 2.75) is 45.4 Å². The lowest BCUT2D eigenvalue weighted by Crippen LogP contribution is -2.48. The summed E-state index contributed by atoms with van der Waals surface area (Å²) in [5.74, 6) is -0.748. The largest absolute Gasteiger partial charge is 0.635 e. The molecular formula is C24H31BN2O6. The molecule has 0 bridgehead atoms. The highest BCUT2D eigenvalue weighted by molar-refractivity contribution is 6.32. The van der Waals surface area contributed by atoms with Crippen molar-refractivity contribution in [3.63, 3.8) is 0 Å². The standard InChI is InChI=1S/C24H31BN2O6/c1-16-6-8-18(9-7-16)14-22(33-25(30)31)27-24(29)21(13-17-10-11-17)23(28)26-15-19-4-3-5-20(12-19)32-2/h3-9,12,17,21-22,30-31H,10-11,13-15H2,1-2H3,(H,26,28)(H,27,29)/t21?,22-/m1/s1. The Kier molecular flexibility index (Phi) is 8.88. The number of ether oxygens (including phenoxy) is 1. The van der Waals surface area contributed by atoms with Crippen LogP contribution in [0.2, 0.25) is 0 Å². The Bertz CT molecular complexity index is 933. The maximum atomic E-state index is 13.1. The molecule has 2 aromatic rings. The van der Waals surface area contributed by atoms with Crippen LogP contribution in [-0.4, -0.2) is 42.5 Å². The van der Waals surface area contributed by atoms with Gasteiger partial charge in [-0.1, -0.05) is 54.8 Å². The van der Waals surface area contributed by atoms with Gasteiger partial charge in [0, 0.05) is 13.0 Å². The number of benzene rings is 2. The van der Waals surface area contributed by atoms with Gasteiger partial charge in [0.2, 0.25) is 11.8 Å². The van der Waals surface area contributed by atoms with E-state index in [1.807, 2.05) is 55.5 Å². The van der Waals surface area contributed by atoms with E-state index in [0.29, 0.717) is 18.1 Å². The predicted octanol–water partition coefficient (Wildman–Crippen LogP) is 1.71. The van der Waals surface area contributed by atoms with E-state index >= 15 is 0 Å². The van der Waals surface area contributed by atoms with Crippen molar-refractivity contribution >= 4 is 19.1 Å². The number of hydrogen-bond acceptors (Lipinski definition) is 6. The zero-order valence-corrected chi connectivity index (χ0v) is 19.0. The lowest BCUT2D eigenvalue weighted by molar-refractivity contribution is -0.137. The molecule has 0 aliphatic heterocycles. The molecule has 1 fully saturated rings. The molecule has 1 unspecified atom stereocenters. The molecule has 9 heteroatoms. The van der Waals surface area contributed by atoms with Gasteiger partial charge in [-0.2, -0.15) is 0 Å². The van der Waals surface area contributed by atoms with Gasteiger partial charge in [-0.25, -0.2) is 0 Å². The smallest absolute Gasteiger partial charge is 0.497 e. The molecule has 0 aromatic heterocycles. The molecule has 1 aliphatic carbocycles. The van der Waals surface area contributed by atoms with E-state index in [4.69, 9.17) is 9.39 Å². The van der Waals surface area contributed by atoms with Gasteiger partial charge in [-0.15, -0.1) is 0 Å². The van der Waals surface area contributed by atoms with Crippen molar-refractivity contribution < 1.29 is 29.0 Å². The lowest BCUT2D eigenvalue weighted by atomic mass is 9.99. The average molecular weight is 454 g/mol. The van der Waals surface area contributed by atoms with Crippen LogP contribution in [0.3, 0.4) is 0 Å². The zero-order chi connectivity index (χ0) is 23.8. The number of carbonyl (C=O) groups is 2. The molecule has 2 amide bonds. The van der Waals surface area contributed by atoms with E-state index < -0.39 is 25.4 Å². The molecule has 4 N–H and O–H groups in total. The van der Waals surface area contributed by atoms with Crippen molar-refractivity contribution in [1.82, 2.24) is 10.6 Å². The first-order chi connectivity index (χ1) is 15.8. The van der Waals surface area contributed by atoms with Crippen molar-refractivity contribution in [1.29, 1.82) is 0 Å². The monoisotopic (exact) mass is 454 g/mol. The number of hydrogen-bond donors (Lipinski definition) is 4. The van der Waals surface area contributed by atoms with E-state index in [9.17, 15) is 19.6 Å². The van der Waals surface area contributed by atoms with Crippen LogP contribution in [0.25, 0.3) is 0 Å². The van der Waals surface area contributed by atoms with Crippen LogP contribution in [0.1, 0.15) is 36.0 Å². The normalized spacial score (nSPS) is 14.8. The quantitative estimate of drug-likeness (QED) is 0.220. The van der Waals surface area contributed by atoms with Gasteiger partial charge in [-0.3, -0.25) is 9.59 Å². The number of amides is 2. The summed E-state index contributed by atoms with van der Waals surface area (Å²) in [6, 6.07) is 14.9. The highest BCUT2D eigenvalue weighted by Gasteiger charge is 2.35. The molecule has 2 aromatic carbocycles. The molecule has 0 saturated heterocycles. The Labute approximate surface area is 194 Å². The van der Waals surface area contributed by atoms with Crippen molar-refractivity contribution in [3.05, 3.63) is 65.2 Å². The van der Waals surface area contributed by atoms with Gasteiger partial charge in [0.1, 0.15) is 17.9 Å². The third kappa shape index (κ3) is 8.20. The van der Waals surface area contributed by atoms with Crippen molar-refractivity contribution in [3.8, 4) is 5.75 Å². The summed E-state index contributed by atoms with van der Waals surface area (Å²) < 4.78 is 10.3. The molecular weight excluding hydrogens is 423 g/mol. The first kappa shape index (κ1) is 24.8. The van der Waals surface area contributed by atoms with Gasteiger partial charge < -0.3 is 30.1 Å². The van der Waals surface area contributed by atoms with Gasteiger partial charge in [0.25, 0.3) is 0 Å². The van der Waals surface area contributed by atoms with Gasteiger partial charge in [-0.05, 0) is 42.5 Å². The summed E-state index contributed by atoms with van der Waals surface area (Å²) in [4.78, 5) is 26.0. The van der Waals surface area contributed by atoms with E-state index in [-0.39, 0.29) is 18.9 Å². The molecule has 0 radical (unpaired) electrons. The number of aryl methyl sites for hydroxylation is 1. The van der Waals surface area contributed by atoms with Crippen LogP contribution in [0.15, 0.2) is 48.5 Å². The van der Waals surface area contributed by atoms with Gasteiger partial charge in [0.05, 0.1) is 7.11 Å². The minimum absolute atomic E-state index is 0.227. The Hall–Kier alpha value is -2.88. The fourth-order valence-corrected chi connectivity index (χ4v) is 3.59. The molecule has 0 heterocycles. The van der Waals surface area contributed by atoms with E-state index in [1.165, 1.54) is 0 Å². The second-order valence-electron chi connectivity index (χ2n) is 8.45. The molecule has 1 saturated carbocycles. The predicted molar refractivity (Wildman–Crippen MR) is 124 cm³/mol. The lowest BCUT2D eigenvalue weighted by Gasteiger charge is -2.23. The van der Waals surface area contributed by atoms with Crippen LogP contribution >= 0.6 is 0 Å². The maximum Gasteiger partial charge on any atom is 0.635 e. The first-order valence-corrected chi connectivity index (χ1v) is 11.1. The molecule has 3 rings (SSSR count). The third-order valence-electron chi connectivity index (χ3n) is 5.63. The summed E-state index contributed by atoms with van der Waals surface area (Å²) >= 11 is 0. The molecule has 2 atom stereocenters. The highest BCUT2D eigenvalue weighted by atomic mass is 16.6. The molecule has 33 heavy (non-hydrogen) atoms. The maximum absolute atomic E-state index is 13.1. The first-order valence-electron chi connectivity index (χ1n) is 11.1. The second-order valence-corrected chi connectivity index (χ2v) is 8.45. The van der Waals surface area contributed by atoms with Crippen LogP contribution in [0, 0.1) is 18.8 Å². The Balaban J connectivity index is 1.65. The second kappa shape index (κ2) is 11.8. The topological polar surface area (TPSA) is 117 Å². The summed E-state index contributed by atoms with van der Waals surface area (Å²) in [7, 11) is -0.476. The number of carbonyl (C=O) groups excluding carboxylic acids is 2. The number of methoxy groups -OCH3 is 1. The Morgan fingerprint density at radius 2 is 1.82 bits per heavy atom. The SMILES string of the molecule is COc1cccc(CNC(=O)C(CC2CC2)C(=O)N[C@@H](Cc2ccc(C)cc2)OB(O)O)c1. The third-order valence-corrected chi connectivity index (χ3v) is 5.63. The number of rotatable bonds is 12. The average Bonchev–Trinajstić information content (AvgIpc) is 3.61.